The van der Waals surface area contributed by atoms with E-state index >= 15 is 0 Å². The second-order valence-corrected chi connectivity index (χ2v) is 4.94. The molecule has 0 aliphatic rings. The van der Waals surface area contributed by atoms with Gasteiger partial charge < -0.3 is 5.32 Å². The summed E-state index contributed by atoms with van der Waals surface area (Å²) in [5.41, 5.74) is 1.38. The Kier molecular flexibility index (Phi) is 4.08. The van der Waals surface area contributed by atoms with Gasteiger partial charge in [-0.05, 0) is 19.0 Å². The van der Waals surface area contributed by atoms with Crippen molar-refractivity contribution in [2.45, 2.75) is 19.4 Å². The van der Waals surface area contributed by atoms with Gasteiger partial charge in [0.1, 0.15) is 0 Å². The first-order valence-corrected chi connectivity index (χ1v) is 6.32. The molecule has 0 bridgehead atoms. The van der Waals surface area contributed by atoms with Crippen LogP contribution < -0.4 is 5.32 Å². The van der Waals surface area contributed by atoms with Crippen LogP contribution in [0.1, 0.15) is 15.4 Å². The molecule has 2 nitrogen and oxygen atoms in total. The van der Waals surface area contributed by atoms with Crippen molar-refractivity contribution >= 4 is 11.3 Å². The van der Waals surface area contributed by atoms with Crippen LogP contribution in [-0.4, -0.2) is 12.0 Å². The number of benzene rings is 1. The third-order valence-electron chi connectivity index (χ3n) is 2.42. The minimum atomic E-state index is 0.920. The molecule has 3 heteroatoms. The van der Waals surface area contributed by atoms with Crippen LogP contribution in [0.15, 0.2) is 36.5 Å². The Morgan fingerprint density at radius 3 is 2.75 bits per heavy atom. The highest BCUT2D eigenvalue weighted by Crippen LogP contribution is 2.15. The first-order chi connectivity index (χ1) is 7.88. The van der Waals surface area contributed by atoms with Crippen molar-refractivity contribution in [1.82, 2.24) is 10.3 Å². The molecule has 0 aliphatic carbocycles. The van der Waals surface area contributed by atoms with Crippen molar-refractivity contribution in [2.75, 3.05) is 7.05 Å². The lowest BCUT2D eigenvalue weighted by Gasteiger charge is -1.97. The van der Waals surface area contributed by atoms with Gasteiger partial charge in [0, 0.05) is 24.0 Å². The van der Waals surface area contributed by atoms with Crippen LogP contribution in [0.4, 0.5) is 0 Å². The van der Waals surface area contributed by atoms with Crippen molar-refractivity contribution in [3.63, 3.8) is 0 Å². The van der Waals surface area contributed by atoms with Gasteiger partial charge in [0.05, 0.1) is 5.01 Å². The van der Waals surface area contributed by atoms with Gasteiger partial charge in [-0.25, -0.2) is 4.98 Å². The molecule has 1 N–H and O–H groups in total. The van der Waals surface area contributed by atoms with E-state index in [9.17, 15) is 0 Å². The van der Waals surface area contributed by atoms with E-state index in [1.54, 1.807) is 11.3 Å². The Hall–Kier alpha value is -1.19. The average Bonchev–Trinajstić information content (AvgIpc) is 2.76. The van der Waals surface area contributed by atoms with E-state index in [0.717, 1.165) is 19.4 Å². The summed E-state index contributed by atoms with van der Waals surface area (Å²) in [6, 6.07) is 10.6. The van der Waals surface area contributed by atoms with E-state index in [1.807, 2.05) is 13.2 Å². The van der Waals surface area contributed by atoms with Crippen molar-refractivity contribution in [3.8, 4) is 0 Å². The molecule has 0 amide bonds. The first-order valence-electron chi connectivity index (χ1n) is 5.50. The molecule has 2 rings (SSSR count). The number of rotatable bonds is 5. The monoisotopic (exact) mass is 232 g/mol. The van der Waals surface area contributed by atoms with Crippen LogP contribution in [0.25, 0.3) is 0 Å². The third-order valence-corrected chi connectivity index (χ3v) is 3.48. The Balaban J connectivity index is 1.89. The van der Waals surface area contributed by atoms with Crippen molar-refractivity contribution in [3.05, 3.63) is 52.0 Å². The molecule has 84 valence electrons. The molecule has 0 radical (unpaired) electrons. The molecule has 0 saturated carbocycles. The number of hydrogen-bond donors (Lipinski definition) is 1. The summed E-state index contributed by atoms with van der Waals surface area (Å²) < 4.78 is 0. The van der Waals surface area contributed by atoms with E-state index in [4.69, 9.17) is 0 Å². The molecule has 1 aromatic carbocycles. The molecule has 0 atom stereocenters. The quantitative estimate of drug-likeness (QED) is 0.857. The average molecular weight is 232 g/mol. The summed E-state index contributed by atoms with van der Waals surface area (Å²) in [5, 5.41) is 4.37. The van der Waals surface area contributed by atoms with E-state index in [2.05, 4.69) is 40.6 Å². The maximum Gasteiger partial charge on any atom is 0.0931 e. The zero-order valence-electron chi connectivity index (χ0n) is 9.44. The molecule has 1 heterocycles. The second-order valence-electron chi connectivity index (χ2n) is 3.74. The molecule has 16 heavy (non-hydrogen) atoms. The molecular weight excluding hydrogens is 216 g/mol. The third kappa shape index (κ3) is 3.15. The summed E-state index contributed by atoms with van der Waals surface area (Å²) in [6.45, 7) is 0.920. The lowest BCUT2D eigenvalue weighted by atomic mass is 10.1. The van der Waals surface area contributed by atoms with Crippen LogP contribution in [0.2, 0.25) is 0 Å². The molecular formula is C13H16N2S. The summed E-state index contributed by atoms with van der Waals surface area (Å²) >= 11 is 1.80. The number of thiazole rings is 1. The summed E-state index contributed by atoms with van der Waals surface area (Å²) in [6.07, 6.45) is 4.09. The van der Waals surface area contributed by atoms with E-state index in [0.29, 0.717) is 0 Å². The lowest BCUT2D eigenvalue weighted by molar-refractivity contribution is 0.829. The van der Waals surface area contributed by atoms with Gasteiger partial charge in [-0.3, -0.25) is 0 Å². The number of aryl methyl sites for hydroxylation is 2. The number of nitrogens with zero attached hydrogens (tertiary/aromatic N) is 1. The highest BCUT2D eigenvalue weighted by molar-refractivity contribution is 7.11. The minimum absolute atomic E-state index is 0.920. The number of hydrogen-bond acceptors (Lipinski definition) is 3. The normalized spacial score (nSPS) is 10.6. The van der Waals surface area contributed by atoms with Gasteiger partial charge in [-0.1, -0.05) is 30.3 Å². The predicted octanol–water partition coefficient (Wildman–Crippen LogP) is 2.65. The van der Waals surface area contributed by atoms with Crippen LogP contribution >= 0.6 is 11.3 Å². The fourth-order valence-electron chi connectivity index (χ4n) is 1.62. The van der Waals surface area contributed by atoms with Crippen molar-refractivity contribution < 1.29 is 0 Å². The number of aromatic nitrogens is 1. The smallest absolute Gasteiger partial charge is 0.0931 e. The van der Waals surface area contributed by atoms with Gasteiger partial charge in [0.2, 0.25) is 0 Å². The largest absolute Gasteiger partial charge is 0.315 e. The van der Waals surface area contributed by atoms with E-state index < -0.39 is 0 Å². The van der Waals surface area contributed by atoms with Crippen LogP contribution in [0.3, 0.4) is 0 Å². The molecule has 0 fully saturated rings. The number of nitrogens with one attached hydrogen (secondary N) is 1. The summed E-state index contributed by atoms with van der Waals surface area (Å²) in [4.78, 5) is 5.74. The Bertz CT molecular complexity index is 423. The maximum atomic E-state index is 4.43. The molecule has 2 aromatic rings. The van der Waals surface area contributed by atoms with Gasteiger partial charge in [0.25, 0.3) is 0 Å². The summed E-state index contributed by atoms with van der Waals surface area (Å²) in [5.74, 6) is 0. The van der Waals surface area contributed by atoms with Crippen LogP contribution in [0.5, 0.6) is 0 Å². The van der Waals surface area contributed by atoms with Crippen molar-refractivity contribution in [1.29, 1.82) is 0 Å². The van der Waals surface area contributed by atoms with Gasteiger partial charge in [-0.15, -0.1) is 11.3 Å². The SMILES string of the molecule is CNCc1cnc(CCc2ccccc2)s1. The van der Waals surface area contributed by atoms with Crippen LogP contribution in [0, 0.1) is 0 Å². The van der Waals surface area contributed by atoms with E-state index in [1.165, 1.54) is 15.4 Å². The second kappa shape index (κ2) is 5.77. The molecule has 1 aromatic heterocycles. The standard InChI is InChI=1S/C13H16N2S/c1-14-9-12-10-15-13(16-12)8-7-11-5-3-2-4-6-11/h2-6,10,14H,7-9H2,1H3. The molecule has 0 aliphatic heterocycles. The van der Waals surface area contributed by atoms with Gasteiger partial charge in [0.15, 0.2) is 0 Å². The zero-order valence-corrected chi connectivity index (χ0v) is 10.3. The van der Waals surface area contributed by atoms with Gasteiger partial charge in [-0.2, -0.15) is 0 Å². The Labute approximate surface area is 100 Å². The Morgan fingerprint density at radius 1 is 1.19 bits per heavy atom. The van der Waals surface area contributed by atoms with Crippen LogP contribution in [-0.2, 0) is 19.4 Å². The predicted molar refractivity (Wildman–Crippen MR) is 68.7 cm³/mol. The van der Waals surface area contributed by atoms with Gasteiger partial charge >= 0.3 is 0 Å². The molecule has 0 spiro atoms. The zero-order chi connectivity index (χ0) is 11.2. The lowest BCUT2D eigenvalue weighted by Crippen LogP contribution is -2.02. The Morgan fingerprint density at radius 2 is 2.00 bits per heavy atom. The molecule has 0 saturated heterocycles. The topological polar surface area (TPSA) is 24.9 Å². The minimum Gasteiger partial charge on any atom is -0.315 e. The highest BCUT2D eigenvalue weighted by atomic mass is 32.1. The fraction of sp³-hybridized carbons (Fsp3) is 0.308. The fourth-order valence-corrected chi connectivity index (χ4v) is 2.55. The molecule has 0 unspecified atom stereocenters. The maximum absolute atomic E-state index is 4.43. The van der Waals surface area contributed by atoms with Crippen molar-refractivity contribution in [2.24, 2.45) is 0 Å². The highest BCUT2D eigenvalue weighted by Gasteiger charge is 2.01. The van der Waals surface area contributed by atoms with E-state index in [-0.39, 0.29) is 0 Å². The summed E-state index contributed by atoms with van der Waals surface area (Å²) in [7, 11) is 1.96. The first kappa shape index (κ1) is 11.3.